The van der Waals surface area contributed by atoms with Crippen LogP contribution in [0.2, 0.25) is 0 Å². The molecule has 1 saturated carbocycles. The van der Waals surface area contributed by atoms with Crippen LogP contribution in [0.5, 0.6) is 0 Å². The summed E-state index contributed by atoms with van der Waals surface area (Å²) in [6.45, 7) is 3.93. The van der Waals surface area contributed by atoms with Gasteiger partial charge in [-0.3, -0.25) is 14.9 Å². The summed E-state index contributed by atoms with van der Waals surface area (Å²) in [6.07, 6.45) is 2.08. The van der Waals surface area contributed by atoms with Crippen molar-refractivity contribution in [1.82, 2.24) is 9.78 Å². The Kier molecular flexibility index (Phi) is 4.15. The molecule has 116 valence electrons. The van der Waals surface area contributed by atoms with Gasteiger partial charge in [0.05, 0.1) is 4.92 Å². The summed E-state index contributed by atoms with van der Waals surface area (Å²) in [4.78, 5) is 23.6. The minimum absolute atomic E-state index is 0.0746. The third kappa shape index (κ3) is 3.32. The first-order valence-electron chi connectivity index (χ1n) is 6.99. The van der Waals surface area contributed by atoms with E-state index in [0.717, 1.165) is 12.8 Å². The van der Waals surface area contributed by atoms with Crippen LogP contribution >= 0.6 is 0 Å². The summed E-state index contributed by atoms with van der Waals surface area (Å²) >= 11 is 0. The number of aromatic nitrogens is 2. The molecule has 1 heterocycles. The van der Waals surface area contributed by atoms with E-state index < -0.39 is 10.9 Å². The lowest BCUT2D eigenvalue weighted by atomic mass is 10.1. The monoisotopic (exact) mass is 296 g/mol. The van der Waals surface area contributed by atoms with E-state index in [4.69, 9.17) is 5.11 Å². The fourth-order valence-corrected chi connectivity index (χ4v) is 2.44. The van der Waals surface area contributed by atoms with Crippen LogP contribution in [0.15, 0.2) is 0 Å². The van der Waals surface area contributed by atoms with E-state index >= 15 is 0 Å². The number of hydrogen-bond acceptors (Lipinski definition) is 5. The number of carboxylic acid groups (broad SMARTS) is 1. The number of aliphatic carboxylic acids is 1. The summed E-state index contributed by atoms with van der Waals surface area (Å²) in [7, 11) is 1.62. The van der Waals surface area contributed by atoms with Crippen molar-refractivity contribution in [3.63, 3.8) is 0 Å². The maximum Gasteiger partial charge on any atom is 0.334 e. The van der Waals surface area contributed by atoms with Crippen LogP contribution in [0.4, 0.5) is 11.5 Å². The lowest BCUT2D eigenvalue weighted by Gasteiger charge is -2.21. The minimum Gasteiger partial charge on any atom is -0.480 e. The predicted octanol–water partition coefficient (Wildman–Crippen LogP) is 1.75. The number of rotatable bonds is 7. The fraction of sp³-hybridized carbons (Fsp3) is 0.692. The number of hydrogen-bond donors (Lipinski definition) is 1. The molecule has 1 aromatic heterocycles. The summed E-state index contributed by atoms with van der Waals surface area (Å²) in [6, 6.07) is 0. The first-order valence-corrected chi connectivity index (χ1v) is 6.99. The minimum atomic E-state index is -1.00. The molecule has 8 nitrogen and oxygen atoms in total. The Labute approximate surface area is 122 Å². The Morgan fingerprint density at radius 3 is 2.62 bits per heavy atom. The zero-order valence-electron chi connectivity index (χ0n) is 12.4. The van der Waals surface area contributed by atoms with Crippen molar-refractivity contribution in [2.75, 3.05) is 18.0 Å². The van der Waals surface area contributed by atoms with Gasteiger partial charge in [-0.25, -0.2) is 4.68 Å². The van der Waals surface area contributed by atoms with Crippen molar-refractivity contribution in [2.24, 2.45) is 13.0 Å². The molecule has 1 N–H and O–H groups in total. The predicted molar refractivity (Wildman–Crippen MR) is 76.5 cm³/mol. The van der Waals surface area contributed by atoms with Gasteiger partial charge in [-0.2, -0.15) is 5.10 Å². The Balaban J connectivity index is 2.46. The highest BCUT2D eigenvalue weighted by Crippen LogP contribution is 2.38. The second-order valence-electron chi connectivity index (χ2n) is 5.81. The molecule has 2 rings (SSSR count). The fourth-order valence-electron chi connectivity index (χ4n) is 2.44. The van der Waals surface area contributed by atoms with Crippen molar-refractivity contribution in [2.45, 2.75) is 32.6 Å². The highest BCUT2D eigenvalue weighted by atomic mass is 16.6. The lowest BCUT2D eigenvalue weighted by Crippen LogP contribution is -2.33. The van der Waals surface area contributed by atoms with Crippen LogP contribution in [0.25, 0.3) is 0 Å². The van der Waals surface area contributed by atoms with Crippen LogP contribution in [0, 0.1) is 16.0 Å². The average molecular weight is 296 g/mol. The van der Waals surface area contributed by atoms with Gasteiger partial charge < -0.3 is 10.0 Å². The normalized spacial score (nSPS) is 14.5. The van der Waals surface area contributed by atoms with E-state index in [1.807, 2.05) is 13.8 Å². The number of aryl methyl sites for hydroxylation is 1. The van der Waals surface area contributed by atoms with E-state index in [2.05, 4.69) is 5.10 Å². The van der Waals surface area contributed by atoms with Gasteiger partial charge in [0.1, 0.15) is 12.2 Å². The van der Waals surface area contributed by atoms with Crippen LogP contribution in [-0.4, -0.2) is 38.9 Å². The highest BCUT2D eigenvalue weighted by Gasteiger charge is 2.35. The smallest absolute Gasteiger partial charge is 0.334 e. The highest BCUT2D eigenvalue weighted by molar-refractivity contribution is 5.75. The zero-order chi connectivity index (χ0) is 15.7. The number of carbonyl (C=O) groups is 1. The van der Waals surface area contributed by atoms with Crippen molar-refractivity contribution in [3.8, 4) is 0 Å². The molecule has 0 aromatic carbocycles. The maximum atomic E-state index is 11.4. The van der Waals surface area contributed by atoms with Crippen LogP contribution in [0.1, 0.15) is 38.3 Å². The molecule has 0 bridgehead atoms. The molecule has 1 aliphatic rings. The van der Waals surface area contributed by atoms with Gasteiger partial charge in [0.25, 0.3) is 0 Å². The molecule has 0 spiro atoms. The Bertz CT molecular complexity index is 563. The van der Waals surface area contributed by atoms with Gasteiger partial charge in [0.2, 0.25) is 5.82 Å². The first-order chi connectivity index (χ1) is 9.81. The summed E-state index contributed by atoms with van der Waals surface area (Å²) in [5.74, 6) is -0.394. The van der Waals surface area contributed by atoms with Gasteiger partial charge in [0.15, 0.2) is 0 Å². The molecule has 1 aliphatic carbocycles. The lowest BCUT2D eigenvalue weighted by molar-refractivity contribution is -0.385. The van der Waals surface area contributed by atoms with E-state index in [1.165, 1.54) is 4.68 Å². The number of anilines is 1. The standard InChI is InChI=1S/C13H20N4O4/c1-8(2)11-12(17(20)21)13(15(3)14-11)16(7-10(18)19)6-9-4-5-9/h8-9H,4-7H2,1-3H3,(H,18,19). The largest absolute Gasteiger partial charge is 0.480 e. The van der Waals surface area contributed by atoms with Gasteiger partial charge >= 0.3 is 11.7 Å². The van der Waals surface area contributed by atoms with E-state index in [-0.39, 0.29) is 24.0 Å². The van der Waals surface area contributed by atoms with Crippen LogP contribution in [-0.2, 0) is 11.8 Å². The van der Waals surface area contributed by atoms with Crippen LogP contribution < -0.4 is 4.90 Å². The van der Waals surface area contributed by atoms with E-state index in [0.29, 0.717) is 18.2 Å². The first kappa shape index (κ1) is 15.3. The Hall–Kier alpha value is -2.12. The second-order valence-corrected chi connectivity index (χ2v) is 5.81. The molecule has 8 heteroatoms. The Morgan fingerprint density at radius 2 is 2.19 bits per heavy atom. The van der Waals surface area contributed by atoms with Crippen LogP contribution in [0.3, 0.4) is 0 Å². The number of carboxylic acids is 1. The number of nitro groups is 1. The molecule has 0 amide bonds. The zero-order valence-corrected chi connectivity index (χ0v) is 12.4. The Morgan fingerprint density at radius 1 is 1.57 bits per heavy atom. The molecular weight excluding hydrogens is 276 g/mol. The average Bonchev–Trinajstić information content (AvgIpc) is 3.08. The van der Waals surface area contributed by atoms with Gasteiger partial charge in [0, 0.05) is 19.5 Å². The summed E-state index contributed by atoms with van der Waals surface area (Å²) in [5, 5.41) is 24.7. The quantitative estimate of drug-likeness (QED) is 0.607. The topological polar surface area (TPSA) is 102 Å². The van der Waals surface area contributed by atoms with E-state index in [9.17, 15) is 14.9 Å². The molecule has 0 radical (unpaired) electrons. The third-order valence-electron chi connectivity index (χ3n) is 3.55. The van der Waals surface area contributed by atoms with Crippen molar-refractivity contribution >= 4 is 17.5 Å². The molecule has 0 atom stereocenters. The SMILES string of the molecule is CC(C)c1nn(C)c(N(CC(=O)O)CC2CC2)c1[N+](=O)[O-]. The molecule has 1 aromatic rings. The molecule has 21 heavy (non-hydrogen) atoms. The van der Waals surface area contributed by atoms with Gasteiger partial charge in [-0.1, -0.05) is 13.8 Å². The third-order valence-corrected chi connectivity index (χ3v) is 3.55. The van der Waals surface area contributed by atoms with Crippen molar-refractivity contribution in [1.29, 1.82) is 0 Å². The summed E-state index contributed by atoms with van der Waals surface area (Å²) < 4.78 is 1.43. The van der Waals surface area contributed by atoms with Crippen molar-refractivity contribution in [3.05, 3.63) is 15.8 Å². The molecular formula is C13H20N4O4. The number of nitrogens with zero attached hydrogens (tertiary/aromatic N) is 4. The summed E-state index contributed by atoms with van der Waals surface area (Å²) in [5.41, 5.74) is 0.318. The maximum absolute atomic E-state index is 11.4. The van der Waals surface area contributed by atoms with Gasteiger partial charge in [-0.15, -0.1) is 0 Å². The van der Waals surface area contributed by atoms with Crippen molar-refractivity contribution < 1.29 is 14.8 Å². The second kappa shape index (κ2) is 5.71. The van der Waals surface area contributed by atoms with E-state index in [1.54, 1.807) is 11.9 Å². The van der Waals surface area contributed by atoms with Gasteiger partial charge in [-0.05, 0) is 18.8 Å². The molecule has 0 unspecified atom stereocenters. The molecule has 0 aliphatic heterocycles. The molecule has 0 saturated heterocycles. The molecule has 1 fully saturated rings.